The summed E-state index contributed by atoms with van der Waals surface area (Å²) in [4.78, 5) is 1.19. The van der Waals surface area contributed by atoms with Gasteiger partial charge in [0.15, 0.2) is 0 Å². The first-order chi connectivity index (χ1) is 10.0. The van der Waals surface area contributed by atoms with Crippen LogP contribution in [-0.4, -0.2) is 6.04 Å². The van der Waals surface area contributed by atoms with Crippen molar-refractivity contribution in [3.63, 3.8) is 0 Å². The largest absolute Gasteiger partial charge is 0.310 e. The maximum Gasteiger partial charge on any atom is 0.142 e. The number of thioether (sulfide) groups is 1. The molecule has 0 atom stereocenters. The SMILES string of the molecule is CC(C)NCc1cccc(SCc2ccc(Cl)c(F)c2)c1. The predicted octanol–water partition coefficient (Wildman–Crippen LogP) is 5.27. The molecular formula is C17H19ClFNS. The van der Waals surface area contributed by atoms with E-state index in [1.807, 2.05) is 6.07 Å². The first-order valence-corrected chi connectivity index (χ1v) is 8.30. The van der Waals surface area contributed by atoms with Gasteiger partial charge in [-0.3, -0.25) is 0 Å². The number of hydrogen-bond donors (Lipinski definition) is 1. The Kier molecular flexibility index (Phi) is 6.09. The summed E-state index contributed by atoms with van der Waals surface area (Å²) in [5.74, 6) is 0.374. The van der Waals surface area contributed by atoms with Crippen LogP contribution in [0.15, 0.2) is 47.4 Å². The van der Waals surface area contributed by atoms with Crippen LogP contribution in [0.1, 0.15) is 25.0 Å². The summed E-state index contributed by atoms with van der Waals surface area (Å²) in [6, 6.07) is 13.9. The minimum Gasteiger partial charge on any atom is -0.310 e. The number of benzene rings is 2. The first kappa shape index (κ1) is 16.3. The molecule has 1 nitrogen and oxygen atoms in total. The average Bonchev–Trinajstić information content (AvgIpc) is 2.47. The van der Waals surface area contributed by atoms with E-state index < -0.39 is 0 Å². The lowest BCUT2D eigenvalue weighted by atomic mass is 10.2. The fraction of sp³-hybridized carbons (Fsp3) is 0.294. The molecule has 0 bridgehead atoms. The van der Waals surface area contributed by atoms with Gasteiger partial charge in [0.25, 0.3) is 0 Å². The third-order valence-electron chi connectivity index (χ3n) is 3.00. The summed E-state index contributed by atoms with van der Waals surface area (Å²) in [6.07, 6.45) is 0. The molecule has 0 heterocycles. The second kappa shape index (κ2) is 7.83. The summed E-state index contributed by atoms with van der Waals surface area (Å²) < 4.78 is 13.4. The van der Waals surface area contributed by atoms with E-state index in [1.54, 1.807) is 17.8 Å². The van der Waals surface area contributed by atoms with Crippen molar-refractivity contribution in [1.82, 2.24) is 5.32 Å². The van der Waals surface area contributed by atoms with Gasteiger partial charge in [-0.15, -0.1) is 11.8 Å². The second-order valence-electron chi connectivity index (χ2n) is 5.22. The molecule has 2 aromatic carbocycles. The Bertz CT molecular complexity index is 601. The van der Waals surface area contributed by atoms with Crippen LogP contribution in [-0.2, 0) is 12.3 Å². The molecule has 0 amide bonds. The van der Waals surface area contributed by atoms with Gasteiger partial charge in [-0.2, -0.15) is 0 Å². The van der Waals surface area contributed by atoms with Crippen molar-refractivity contribution in [2.24, 2.45) is 0 Å². The number of hydrogen-bond acceptors (Lipinski definition) is 2. The molecule has 0 aliphatic heterocycles. The lowest BCUT2D eigenvalue weighted by Gasteiger charge is -2.09. The van der Waals surface area contributed by atoms with Gasteiger partial charge in [0.2, 0.25) is 0 Å². The maximum absolute atomic E-state index is 13.4. The van der Waals surface area contributed by atoms with Crippen LogP contribution in [0.3, 0.4) is 0 Å². The lowest BCUT2D eigenvalue weighted by molar-refractivity contribution is 0.588. The van der Waals surface area contributed by atoms with Crippen LogP contribution < -0.4 is 5.32 Å². The molecule has 21 heavy (non-hydrogen) atoms. The average molecular weight is 324 g/mol. The van der Waals surface area contributed by atoms with Gasteiger partial charge in [0.05, 0.1) is 5.02 Å². The standard InChI is InChI=1S/C17H19ClFNS/c1-12(2)20-10-13-4-3-5-15(8-13)21-11-14-6-7-16(18)17(19)9-14/h3-9,12,20H,10-11H2,1-2H3. The molecule has 0 unspecified atom stereocenters. The molecule has 0 radical (unpaired) electrons. The lowest BCUT2D eigenvalue weighted by Crippen LogP contribution is -2.21. The molecule has 2 rings (SSSR count). The van der Waals surface area contributed by atoms with E-state index in [9.17, 15) is 4.39 Å². The molecule has 0 fully saturated rings. The number of nitrogens with one attached hydrogen (secondary N) is 1. The molecule has 1 N–H and O–H groups in total. The van der Waals surface area contributed by atoms with E-state index >= 15 is 0 Å². The van der Waals surface area contributed by atoms with Crippen LogP contribution >= 0.6 is 23.4 Å². The van der Waals surface area contributed by atoms with Crippen LogP contribution in [0, 0.1) is 5.82 Å². The quantitative estimate of drug-likeness (QED) is 0.727. The van der Waals surface area contributed by atoms with Crippen molar-refractivity contribution < 1.29 is 4.39 Å². The van der Waals surface area contributed by atoms with Crippen molar-refractivity contribution in [2.45, 2.75) is 37.1 Å². The highest BCUT2D eigenvalue weighted by molar-refractivity contribution is 7.98. The Morgan fingerprint density at radius 1 is 1.14 bits per heavy atom. The third-order valence-corrected chi connectivity index (χ3v) is 4.37. The van der Waals surface area contributed by atoms with Crippen LogP contribution in [0.5, 0.6) is 0 Å². The Morgan fingerprint density at radius 2 is 1.95 bits per heavy atom. The topological polar surface area (TPSA) is 12.0 Å². The van der Waals surface area contributed by atoms with Crippen molar-refractivity contribution >= 4 is 23.4 Å². The van der Waals surface area contributed by atoms with Crippen molar-refractivity contribution in [1.29, 1.82) is 0 Å². The van der Waals surface area contributed by atoms with E-state index in [0.717, 1.165) is 17.9 Å². The highest BCUT2D eigenvalue weighted by Crippen LogP contribution is 2.25. The summed E-state index contributed by atoms with van der Waals surface area (Å²) in [5.41, 5.74) is 2.20. The van der Waals surface area contributed by atoms with E-state index in [0.29, 0.717) is 6.04 Å². The van der Waals surface area contributed by atoms with E-state index in [1.165, 1.54) is 16.5 Å². The first-order valence-electron chi connectivity index (χ1n) is 6.93. The van der Waals surface area contributed by atoms with Crippen LogP contribution in [0.2, 0.25) is 5.02 Å². The van der Waals surface area contributed by atoms with E-state index in [-0.39, 0.29) is 10.8 Å². The van der Waals surface area contributed by atoms with Crippen molar-refractivity contribution in [3.8, 4) is 0 Å². The van der Waals surface area contributed by atoms with Gasteiger partial charge in [-0.1, -0.05) is 43.6 Å². The highest BCUT2D eigenvalue weighted by atomic mass is 35.5. The van der Waals surface area contributed by atoms with E-state index in [2.05, 4.69) is 43.4 Å². The van der Waals surface area contributed by atoms with E-state index in [4.69, 9.17) is 11.6 Å². The Labute approximate surface area is 134 Å². The molecule has 0 aromatic heterocycles. The zero-order chi connectivity index (χ0) is 15.2. The third kappa shape index (κ3) is 5.34. The highest BCUT2D eigenvalue weighted by Gasteiger charge is 2.03. The Balaban J connectivity index is 1.96. The van der Waals surface area contributed by atoms with Gasteiger partial charge >= 0.3 is 0 Å². The molecule has 0 aliphatic carbocycles. The zero-order valence-corrected chi connectivity index (χ0v) is 13.8. The monoisotopic (exact) mass is 323 g/mol. The molecule has 0 saturated carbocycles. The summed E-state index contributed by atoms with van der Waals surface area (Å²) in [5, 5.41) is 3.57. The number of halogens is 2. The molecule has 0 aliphatic rings. The van der Waals surface area contributed by atoms with Crippen molar-refractivity contribution in [3.05, 3.63) is 64.4 Å². The maximum atomic E-state index is 13.4. The smallest absolute Gasteiger partial charge is 0.142 e. The second-order valence-corrected chi connectivity index (χ2v) is 6.68. The molecule has 0 spiro atoms. The molecule has 112 valence electrons. The minimum absolute atomic E-state index is 0.172. The minimum atomic E-state index is -0.357. The van der Waals surface area contributed by atoms with Crippen LogP contribution in [0.4, 0.5) is 4.39 Å². The summed E-state index contributed by atoms with van der Waals surface area (Å²) in [6.45, 7) is 5.13. The molecule has 2 aromatic rings. The summed E-state index contributed by atoms with van der Waals surface area (Å²) >= 11 is 7.39. The molecule has 0 saturated heterocycles. The van der Waals surface area contributed by atoms with Crippen molar-refractivity contribution in [2.75, 3.05) is 0 Å². The fourth-order valence-corrected chi connectivity index (χ4v) is 2.90. The predicted molar refractivity (Wildman–Crippen MR) is 89.4 cm³/mol. The molecular weight excluding hydrogens is 305 g/mol. The Morgan fingerprint density at radius 3 is 2.67 bits per heavy atom. The fourth-order valence-electron chi connectivity index (χ4n) is 1.86. The van der Waals surface area contributed by atoms with Gasteiger partial charge < -0.3 is 5.32 Å². The molecule has 4 heteroatoms. The summed E-state index contributed by atoms with van der Waals surface area (Å²) in [7, 11) is 0. The number of rotatable bonds is 6. The van der Waals surface area contributed by atoms with Gasteiger partial charge in [-0.05, 0) is 35.4 Å². The normalized spacial score (nSPS) is 11.1. The Hall–Kier alpha value is -1.03. The van der Waals surface area contributed by atoms with Gasteiger partial charge in [0, 0.05) is 23.2 Å². The van der Waals surface area contributed by atoms with Crippen LogP contribution in [0.25, 0.3) is 0 Å². The van der Waals surface area contributed by atoms with Gasteiger partial charge in [-0.25, -0.2) is 4.39 Å². The zero-order valence-electron chi connectivity index (χ0n) is 12.2. The van der Waals surface area contributed by atoms with Gasteiger partial charge in [0.1, 0.15) is 5.82 Å².